The molecule has 0 atom stereocenters. The lowest BCUT2D eigenvalue weighted by Crippen LogP contribution is -2.29. The molecule has 1 rings (SSSR count). The van der Waals surface area contributed by atoms with Crippen molar-refractivity contribution in [2.75, 3.05) is 20.3 Å². The van der Waals surface area contributed by atoms with Crippen molar-refractivity contribution < 1.29 is 23.5 Å². The number of carbonyl (C=O) groups excluding carboxylic acids is 2. The van der Waals surface area contributed by atoms with Gasteiger partial charge in [-0.1, -0.05) is 0 Å². The molecule has 0 heterocycles. The number of halogens is 1. The Morgan fingerprint density at radius 1 is 1.24 bits per heavy atom. The fourth-order valence-electron chi connectivity index (χ4n) is 1.95. The van der Waals surface area contributed by atoms with Crippen LogP contribution in [-0.2, 0) is 9.47 Å². The van der Waals surface area contributed by atoms with Gasteiger partial charge >= 0.3 is 0 Å². The van der Waals surface area contributed by atoms with E-state index in [2.05, 4.69) is 5.32 Å². The number of ketones is 1. The number of carbonyl (C=O) groups is 2. The number of hydrogen-bond acceptors (Lipinski definition) is 4. The normalized spacial score (nSPS) is 10.8. The molecule has 1 aromatic carbocycles. The number of hydrogen-bond donors (Lipinski definition) is 1. The molecule has 0 saturated carbocycles. The summed E-state index contributed by atoms with van der Waals surface area (Å²) in [6.45, 7) is 5.55. The molecule has 0 aliphatic rings. The summed E-state index contributed by atoms with van der Waals surface area (Å²) in [6.07, 6.45) is -1.14. The Labute approximate surface area is 123 Å². The Kier molecular flexibility index (Phi) is 6.45. The second-order valence-electron chi connectivity index (χ2n) is 4.34. The standard InChI is InChI=1S/C15H20FNO4/c1-5-20-15(21-6-2)13(18)12-9(3)7-10(8-11(12)16)14(19)17-4/h7-8,15H,5-6H2,1-4H3,(H,17,19). The smallest absolute Gasteiger partial charge is 0.251 e. The van der Waals surface area contributed by atoms with Gasteiger partial charge in [-0.05, 0) is 38.5 Å². The Balaban J connectivity index is 3.17. The molecule has 6 heteroatoms. The van der Waals surface area contributed by atoms with Crippen LogP contribution < -0.4 is 5.32 Å². The highest BCUT2D eigenvalue weighted by Crippen LogP contribution is 2.19. The summed E-state index contributed by atoms with van der Waals surface area (Å²) in [5.41, 5.74) is 0.408. The van der Waals surface area contributed by atoms with Gasteiger partial charge in [-0.2, -0.15) is 0 Å². The topological polar surface area (TPSA) is 64.6 Å². The predicted molar refractivity (Wildman–Crippen MR) is 75.9 cm³/mol. The van der Waals surface area contributed by atoms with Crippen LogP contribution in [0.5, 0.6) is 0 Å². The average molecular weight is 297 g/mol. The van der Waals surface area contributed by atoms with E-state index in [-0.39, 0.29) is 24.3 Å². The zero-order valence-corrected chi connectivity index (χ0v) is 12.7. The van der Waals surface area contributed by atoms with Gasteiger partial charge in [0.15, 0.2) is 0 Å². The molecule has 1 amide bonds. The fourth-order valence-corrected chi connectivity index (χ4v) is 1.95. The van der Waals surface area contributed by atoms with Gasteiger partial charge in [0.25, 0.3) is 5.91 Å². The highest BCUT2D eigenvalue weighted by Gasteiger charge is 2.26. The van der Waals surface area contributed by atoms with Crippen molar-refractivity contribution in [3.63, 3.8) is 0 Å². The Hall–Kier alpha value is -1.79. The average Bonchev–Trinajstić information content (AvgIpc) is 2.45. The number of amides is 1. The van der Waals surface area contributed by atoms with Gasteiger partial charge in [0.05, 0.1) is 5.56 Å². The largest absolute Gasteiger partial charge is 0.355 e. The highest BCUT2D eigenvalue weighted by atomic mass is 19.1. The molecule has 0 aromatic heterocycles. The number of aryl methyl sites for hydroxylation is 1. The minimum Gasteiger partial charge on any atom is -0.355 e. The number of ether oxygens (including phenoxy) is 2. The van der Waals surface area contributed by atoms with Crippen molar-refractivity contribution in [3.8, 4) is 0 Å². The molecule has 1 aromatic rings. The zero-order valence-electron chi connectivity index (χ0n) is 12.7. The van der Waals surface area contributed by atoms with E-state index in [9.17, 15) is 14.0 Å². The van der Waals surface area contributed by atoms with Crippen molar-refractivity contribution >= 4 is 11.7 Å². The molecule has 116 valence electrons. The van der Waals surface area contributed by atoms with Gasteiger partial charge in [0.1, 0.15) is 5.82 Å². The van der Waals surface area contributed by atoms with Crippen LogP contribution in [0.4, 0.5) is 4.39 Å². The van der Waals surface area contributed by atoms with Crippen LogP contribution in [0.2, 0.25) is 0 Å². The molecule has 1 N–H and O–H groups in total. The minimum absolute atomic E-state index is 0.116. The first-order valence-electron chi connectivity index (χ1n) is 6.75. The maximum atomic E-state index is 14.2. The Bertz CT molecular complexity index is 501. The van der Waals surface area contributed by atoms with E-state index in [0.717, 1.165) is 6.07 Å². The number of nitrogens with one attached hydrogen (secondary N) is 1. The molecule has 0 saturated heterocycles. The third kappa shape index (κ3) is 4.09. The Morgan fingerprint density at radius 3 is 2.24 bits per heavy atom. The van der Waals surface area contributed by atoms with Crippen LogP contribution in [0.3, 0.4) is 0 Å². The van der Waals surface area contributed by atoms with Crippen LogP contribution in [0, 0.1) is 12.7 Å². The molecular weight excluding hydrogens is 277 g/mol. The number of rotatable bonds is 7. The molecular formula is C15H20FNO4. The molecule has 0 spiro atoms. The third-order valence-electron chi connectivity index (χ3n) is 2.87. The molecule has 0 unspecified atom stereocenters. The SMILES string of the molecule is CCOC(OCC)C(=O)c1c(C)cc(C(=O)NC)cc1F. The van der Waals surface area contributed by atoms with E-state index in [0.29, 0.717) is 5.56 Å². The molecule has 0 aliphatic heterocycles. The summed E-state index contributed by atoms with van der Waals surface area (Å²) in [7, 11) is 1.45. The molecule has 0 aliphatic carbocycles. The summed E-state index contributed by atoms with van der Waals surface area (Å²) in [5, 5.41) is 2.41. The van der Waals surface area contributed by atoms with E-state index in [4.69, 9.17) is 9.47 Å². The van der Waals surface area contributed by atoms with E-state index in [1.165, 1.54) is 13.1 Å². The van der Waals surface area contributed by atoms with Gasteiger partial charge in [-0.3, -0.25) is 9.59 Å². The summed E-state index contributed by atoms with van der Waals surface area (Å²) >= 11 is 0. The van der Waals surface area contributed by atoms with Crippen LogP contribution in [0.25, 0.3) is 0 Å². The highest BCUT2D eigenvalue weighted by molar-refractivity contribution is 6.02. The lowest BCUT2D eigenvalue weighted by atomic mass is 10.00. The van der Waals surface area contributed by atoms with Gasteiger partial charge in [0, 0.05) is 25.8 Å². The molecule has 0 radical (unpaired) electrons. The molecule has 0 bridgehead atoms. The molecule has 0 fully saturated rings. The van der Waals surface area contributed by atoms with Gasteiger partial charge in [-0.25, -0.2) is 4.39 Å². The van der Waals surface area contributed by atoms with Crippen molar-refractivity contribution in [1.29, 1.82) is 0 Å². The van der Waals surface area contributed by atoms with Crippen molar-refractivity contribution in [1.82, 2.24) is 5.32 Å². The van der Waals surface area contributed by atoms with E-state index >= 15 is 0 Å². The summed E-state index contributed by atoms with van der Waals surface area (Å²) < 4.78 is 24.6. The van der Waals surface area contributed by atoms with E-state index in [1.54, 1.807) is 20.8 Å². The summed E-state index contributed by atoms with van der Waals surface area (Å²) in [5.74, 6) is -1.76. The lowest BCUT2D eigenvalue weighted by molar-refractivity contribution is -0.107. The first-order chi connectivity index (χ1) is 9.96. The maximum Gasteiger partial charge on any atom is 0.251 e. The van der Waals surface area contributed by atoms with Gasteiger partial charge in [-0.15, -0.1) is 0 Å². The van der Waals surface area contributed by atoms with Gasteiger partial charge in [0.2, 0.25) is 12.1 Å². The number of Topliss-reactive ketones (excluding diaryl/α,β-unsaturated/α-hetero) is 1. The van der Waals surface area contributed by atoms with Gasteiger partial charge < -0.3 is 14.8 Å². The second-order valence-corrected chi connectivity index (χ2v) is 4.34. The Morgan fingerprint density at radius 2 is 1.81 bits per heavy atom. The summed E-state index contributed by atoms with van der Waals surface area (Å²) in [4.78, 5) is 23.9. The minimum atomic E-state index is -1.14. The molecule has 21 heavy (non-hydrogen) atoms. The first-order valence-corrected chi connectivity index (χ1v) is 6.75. The van der Waals surface area contributed by atoms with Crippen LogP contribution >= 0.6 is 0 Å². The first kappa shape index (κ1) is 17.3. The zero-order chi connectivity index (χ0) is 16.0. The quantitative estimate of drug-likeness (QED) is 0.618. The van der Waals surface area contributed by atoms with Crippen LogP contribution in [0.1, 0.15) is 40.1 Å². The van der Waals surface area contributed by atoms with E-state index < -0.39 is 23.8 Å². The van der Waals surface area contributed by atoms with Crippen LogP contribution in [-0.4, -0.2) is 38.2 Å². The lowest BCUT2D eigenvalue weighted by Gasteiger charge is -2.17. The summed E-state index contributed by atoms with van der Waals surface area (Å²) in [6, 6.07) is 2.50. The monoisotopic (exact) mass is 297 g/mol. The van der Waals surface area contributed by atoms with Crippen LogP contribution in [0.15, 0.2) is 12.1 Å². The fraction of sp³-hybridized carbons (Fsp3) is 0.467. The predicted octanol–water partition coefficient (Wildman–Crippen LogP) is 2.08. The van der Waals surface area contributed by atoms with E-state index in [1.807, 2.05) is 0 Å². The maximum absolute atomic E-state index is 14.2. The van der Waals surface area contributed by atoms with Crippen molar-refractivity contribution in [2.45, 2.75) is 27.1 Å². The third-order valence-corrected chi connectivity index (χ3v) is 2.87. The molecule has 5 nitrogen and oxygen atoms in total. The van der Waals surface area contributed by atoms with Crippen molar-refractivity contribution in [3.05, 3.63) is 34.6 Å². The number of benzene rings is 1. The second kappa shape index (κ2) is 7.85. The van der Waals surface area contributed by atoms with Crippen molar-refractivity contribution in [2.24, 2.45) is 0 Å².